The zero-order valence-electron chi connectivity index (χ0n) is 29.7. The standard InChI is InChI=1S/C51H32N2O2/c1-3-13-33(14-4-1)37-18-11-20-39(29-37)53(41-28-27-35-26-25-34-15-7-8-22-42(34)44(35)31-41)40-21-12-19-38(30-40)45-32-47-49(52-51(55-47)36-16-5-2-6-17-36)48-43-23-9-10-24-46(43)54-50(45)48/h1-32H. The van der Waals surface area contributed by atoms with E-state index in [4.69, 9.17) is 13.8 Å². The molecule has 4 nitrogen and oxygen atoms in total. The van der Waals surface area contributed by atoms with Gasteiger partial charge >= 0.3 is 0 Å². The number of oxazole rings is 1. The maximum Gasteiger partial charge on any atom is 0.227 e. The lowest BCUT2D eigenvalue weighted by atomic mass is 9.99. The highest BCUT2D eigenvalue weighted by Gasteiger charge is 2.22. The first-order valence-electron chi connectivity index (χ1n) is 18.5. The molecule has 0 radical (unpaired) electrons. The number of rotatable bonds is 6. The molecule has 11 rings (SSSR count). The van der Waals surface area contributed by atoms with Crippen LogP contribution in [0.3, 0.4) is 0 Å². The molecule has 0 aliphatic heterocycles. The number of hydrogen-bond donors (Lipinski definition) is 0. The van der Waals surface area contributed by atoms with Gasteiger partial charge in [-0.1, -0.05) is 133 Å². The summed E-state index contributed by atoms with van der Waals surface area (Å²) in [6.45, 7) is 0. The van der Waals surface area contributed by atoms with Crippen molar-refractivity contribution in [3.05, 3.63) is 194 Å². The lowest BCUT2D eigenvalue weighted by molar-refractivity contribution is 0.619. The summed E-state index contributed by atoms with van der Waals surface area (Å²) in [6.07, 6.45) is 0. The normalized spacial score (nSPS) is 11.6. The molecule has 0 saturated heterocycles. The molecule has 2 aromatic heterocycles. The average Bonchev–Trinajstić information content (AvgIpc) is 3.86. The molecule has 11 aromatic rings. The predicted molar refractivity (Wildman–Crippen MR) is 227 cm³/mol. The molecule has 0 aliphatic carbocycles. The number of anilines is 3. The van der Waals surface area contributed by atoms with Gasteiger partial charge in [-0.05, 0) is 98.9 Å². The first-order valence-corrected chi connectivity index (χ1v) is 18.5. The molecule has 0 atom stereocenters. The minimum Gasteiger partial charge on any atom is -0.455 e. The van der Waals surface area contributed by atoms with Gasteiger partial charge in [0, 0.05) is 33.6 Å². The van der Waals surface area contributed by atoms with Crippen LogP contribution in [0, 0.1) is 0 Å². The fourth-order valence-electron chi connectivity index (χ4n) is 8.04. The van der Waals surface area contributed by atoms with Gasteiger partial charge in [0.25, 0.3) is 0 Å². The molecule has 0 N–H and O–H groups in total. The number of furan rings is 1. The van der Waals surface area contributed by atoms with Crippen LogP contribution in [0.5, 0.6) is 0 Å². The third-order valence-electron chi connectivity index (χ3n) is 10.6. The number of aromatic nitrogens is 1. The minimum absolute atomic E-state index is 0.585. The van der Waals surface area contributed by atoms with Crippen LogP contribution in [0.15, 0.2) is 203 Å². The van der Waals surface area contributed by atoms with Gasteiger partial charge in [-0.25, -0.2) is 4.98 Å². The summed E-state index contributed by atoms with van der Waals surface area (Å²) < 4.78 is 13.2. The molecule has 0 aliphatic rings. The molecule has 0 saturated carbocycles. The lowest BCUT2D eigenvalue weighted by Crippen LogP contribution is -2.10. The van der Waals surface area contributed by atoms with Crippen molar-refractivity contribution < 1.29 is 8.83 Å². The average molecular weight is 705 g/mol. The van der Waals surface area contributed by atoms with Crippen LogP contribution in [0.1, 0.15) is 0 Å². The van der Waals surface area contributed by atoms with Crippen LogP contribution >= 0.6 is 0 Å². The van der Waals surface area contributed by atoms with Crippen LogP contribution in [0.2, 0.25) is 0 Å². The minimum atomic E-state index is 0.585. The van der Waals surface area contributed by atoms with Crippen molar-refractivity contribution in [3.8, 4) is 33.7 Å². The van der Waals surface area contributed by atoms with Gasteiger partial charge in [0.05, 0.1) is 5.39 Å². The number of para-hydroxylation sites is 1. The summed E-state index contributed by atoms with van der Waals surface area (Å²) in [4.78, 5) is 7.39. The fourth-order valence-corrected chi connectivity index (χ4v) is 8.04. The van der Waals surface area contributed by atoms with Crippen LogP contribution in [-0.2, 0) is 0 Å². The molecule has 0 spiro atoms. The van der Waals surface area contributed by atoms with Crippen molar-refractivity contribution >= 4 is 71.6 Å². The summed E-state index contributed by atoms with van der Waals surface area (Å²) in [5.74, 6) is 0.585. The van der Waals surface area contributed by atoms with E-state index in [0.29, 0.717) is 11.5 Å². The Bertz CT molecular complexity index is 3220. The van der Waals surface area contributed by atoms with Crippen LogP contribution < -0.4 is 4.90 Å². The third-order valence-corrected chi connectivity index (χ3v) is 10.6. The van der Waals surface area contributed by atoms with E-state index < -0.39 is 0 Å². The topological polar surface area (TPSA) is 42.4 Å². The smallest absolute Gasteiger partial charge is 0.227 e. The van der Waals surface area contributed by atoms with E-state index in [1.165, 1.54) is 27.1 Å². The number of hydrogen-bond acceptors (Lipinski definition) is 4. The zero-order chi connectivity index (χ0) is 36.3. The monoisotopic (exact) mass is 704 g/mol. The molecule has 4 heteroatoms. The van der Waals surface area contributed by atoms with Crippen molar-refractivity contribution in [3.63, 3.8) is 0 Å². The van der Waals surface area contributed by atoms with E-state index in [2.05, 4.69) is 150 Å². The second-order valence-corrected chi connectivity index (χ2v) is 14.0. The van der Waals surface area contributed by atoms with Gasteiger partial charge in [0.15, 0.2) is 5.58 Å². The van der Waals surface area contributed by atoms with Crippen LogP contribution in [0.4, 0.5) is 17.1 Å². The van der Waals surface area contributed by atoms with E-state index in [9.17, 15) is 0 Å². The predicted octanol–water partition coefficient (Wildman–Crippen LogP) is 14.5. The lowest BCUT2D eigenvalue weighted by Gasteiger charge is -2.27. The van der Waals surface area contributed by atoms with Gasteiger partial charge in [0.1, 0.15) is 16.7 Å². The molecule has 0 amide bonds. The Morgan fingerprint density at radius 1 is 0.382 bits per heavy atom. The Kier molecular flexibility index (Phi) is 7.14. The Morgan fingerprint density at radius 2 is 0.982 bits per heavy atom. The summed E-state index contributed by atoms with van der Waals surface area (Å²) >= 11 is 0. The van der Waals surface area contributed by atoms with Gasteiger partial charge in [-0.15, -0.1) is 0 Å². The maximum atomic E-state index is 6.69. The van der Waals surface area contributed by atoms with E-state index in [0.717, 1.165) is 66.8 Å². The number of fused-ring (bicyclic) bond motifs is 8. The molecule has 0 fully saturated rings. The molecule has 9 aromatic carbocycles. The van der Waals surface area contributed by atoms with E-state index in [1.54, 1.807) is 0 Å². The van der Waals surface area contributed by atoms with Crippen molar-refractivity contribution in [2.75, 3.05) is 4.90 Å². The quantitative estimate of drug-likeness (QED) is 0.162. The second-order valence-electron chi connectivity index (χ2n) is 14.0. The maximum absolute atomic E-state index is 6.69. The van der Waals surface area contributed by atoms with Crippen LogP contribution in [-0.4, -0.2) is 4.98 Å². The van der Waals surface area contributed by atoms with Gasteiger partial charge in [-0.2, -0.15) is 0 Å². The van der Waals surface area contributed by atoms with E-state index >= 15 is 0 Å². The Balaban J connectivity index is 1.14. The van der Waals surface area contributed by atoms with Gasteiger partial charge in [0.2, 0.25) is 5.89 Å². The molecular weight excluding hydrogens is 673 g/mol. The highest BCUT2D eigenvalue weighted by molar-refractivity contribution is 6.21. The van der Waals surface area contributed by atoms with Crippen molar-refractivity contribution in [2.24, 2.45) is 0 Å². The Hall–Kier alpha value is -7.43. The van der Waals surface area contributed by atoms with Crippen molar-refractivity contribution in [1.82, 2.24) is 4.98 Å². The summed E-state index contributed by atoms with van der Waals surface area (Å²) in [5, 5.41) is 6.84. The first kappa shape index (κ1) is 31.1. The highest BCUT2D eigenvalue weighted by atomic mass is 16.4. The molecule has 55 heavy (non-hydrogen) atoms. The van der Waals surface area contributed by atoms with E-state index in [1.807, 2.05) is 48.5 Å². The van der Waals surface area contributed by atoms with Crippen LogP contribution in [0.25, 0.3) is 88.3 Å². The molecule has 258 valence electrons. The van der Waals surface area contributed by atoms with Crippen molar-refractivity contribution in [1.29, 1.82) is 0 Å². The Morgan fingerprint density at radius 3 is 1.78 bits per heavy atom. The molecule has 0 unspecified atom stereocenters. The molecule has 0 bridgehead atoms. The molecular formula is C51H32N2O2. The van der Waals surface area contributed by atoms with E-state index in [-0.39, 0.29) is 0 Å². The second kappa shape index (κ2) is 12.6. The first-order chi connectivity index (χ1) is 27.2. The fraction of sp³-hybridized carbons (Fsp3) is 0. The Labute approximate surface area is 317 Å². The van der Waals surface area contributed by atoms with Gasteiger partial charge < -0.3 is 13.7 Å². The highest BCUT2D eigenvalue weighted by Crippen LogP contribution is 2.44. The third kappa shape index (κ3) is 5.26. The largest absolute Gasteiger partial charge is 0.455 e. The summed E-state index contributed by atoms with van der Waals surface area (Å²) in [6, 6.07) is 68.2. The SMILES string of the molecule is c1ccc(-c2cccc(N(c3cccc(-c4cc5oc(-c6ccccc6)nc5c5c4oc4ccccc45)c3)c3ccc4ccc5ccccc5c4c3)c2)cc1. The summed E-state index contributed by atoms with van der Waals surface area (Å²) in [5.41, 5.74) is 11.5. The molecule has 2 heterocycles. The number of benzene rings is 9. The number of nitrogens with zero attached hydrogens (tertiary/aromatic N) is 2. The zero-order valence-corrected chi connectivity index (χ0v) is 29.7. The summed E-state index contributed by atoms with van der Waals surface area (Å²) in [7, 11) is 0. The van der Waals surface area contributed by atoms with Gasteiger partial charge in [-0.3, -0.25) is 0 Å². The van der Waals surface area contributed by atoms with Crippen molar-refractivity contribution in [2.45, 2.75) is 0 Å².